The standard InChI is InChI=1S/C20H23BrN2O3/c21-18-5-7-19(8-6-18)26-15-20(24)22-13-16-3-1-2-4-17(16)14-23-9-11-25-12-10-23/h1-8H,9-15H2,(H,22,24)/p+1. The van der Waals surface area contributed by atoms with E-state index in [4.69, 9.17) is 9.47 Å². The third-order valence-corrected chi connectivity index (χ3v) is 4.95. The molecule has 0 aliphatic carbocycles. The Balaban J connectivity index is 1.49. The summed E-state index contributed by atoms with van der Waals surface area (Å²) in [5.41, 5.74) is 2.43. The molecule has 0 atom stereocenters. The average Bonchev–Trinajstić information content (AvgIpc) is 2.68. The fourth-order valence-electron chi connectivity index (χ4n) is 2.93. The Labute approximate surface area is 162 Å². The van der Waals surface area contributed by atoms with Crippen molar-refractivity contribution in [2.45, 2.75) is 13.1 Å². The van der Waals surface area contributed by atoms with Crippen LogP contribution in [0.25, 0.3) is 0 Å². The highest BCUT2D eigenvalue weighted by Crippen LogP contribution is 2.15. The van der Waals surface area contributed by atoms with Crippen molar-refractivity contribution in [1.29, 1.82) is 0 Å². The summed E-state index contributed by atoms with van der Waals surface area (Å²) in [5, 5.41) is 2.95. The van der Waals surface area contributed by atoms with Gasteiger partial charge in [0.05, 0.1) is 13.2 Å². The molecule has 0 aromatic heterocycles. The first-order valence-electron chi connectivity index (χ1n) is 8.84. The van der Waals surface area contributed by atoms with Gasteiger partial charge in [0.25, 0.3) is 5.91 Å². The zero-order valence-corrected chi connectivity index (χ0v) is 16.3. The van der Waals surface area contributed by atoms with Crippen molar-refractivity contribution in [2.75, 3.05) is 32.9 Å². The maximum absolute atomic E-state index is 12.1. The third kappa shape index (κ3) is 5.83. The van der Waals surface area contributed by atoms with E-state index in [2.05, 4.69) is 39.4 Å². The number of morpholine rings is 1. The van der Waals surface area contributed by atoms with Gasteiger partial charge in [-0.1, -0.05) is 40.2 Å². The number of ether oxygens (including phenoxy) is 2. The summed E-state index contributed by atoms with van der Waals surface area (Å²) in [6.45, 7) is 5.19. The number of nitrogens with one attached hydrogen (secondary N) is 2. The molecule has 1 aliphatic heterocycles. The van der Waals surface area contributed by atoms with Crippen LogP contribution in [0.5, 0.6) is 5.75 Å². The van der Waals surface area contributed by atoms with Crippen molar-refractivity contribution in [1.82, 2.24) is 5.32 Å². The summed E-state index contributed by atoms with van der Waals surface area (Å²) in [4.78, 5) is 13.6. The third-order valence-electron chi connectivity index (χ3n) is 4.42. The zero-order chi connectivity index (χ0) is 18.2. The molecule has 0 spiro atoms. The van der Waals surface area contributed by atoms with Crippen LogP contribution in [0.4, 0.5) is 0 Å². The average molecular weight is 420 g/mol. The molecule has 2 aromatic rings. The fraction of sp³-hybridized carbons (Fsp3) is 0.350. The molecule has 1 saturated heterocycles. The number of benzene rings is 2. The summed E-state index contributed by atoms with van der Waals surface area (Å²) in [5.74, 6) is 0.557. The molecule has 2 N–H and O–H groups in total. The molecule has 5 nitrogen and oxygen atoms in total. The van der Waals surface area contributed by atoms with E-state index in [0.29, 0.717) is 12.3 Å². The second-order valence-electron chi connectivity index (χ2n) is 6.33. The first-order valence-corrected chi connectivity index (χ1v) is 9.63. The SMILES string of the molecule is O=C(COc1ccc(Br)cc1)NCc1ccccc1C[NH+]1CCOCC1. The molecule has 1 aliphatic rings. The molecule has 26 heavy (non-hydrogen) atoms. The molecular weight excluding hydrogens is 396 g/mol. The van der Waals surface area contributed by atoms with Gasteiger partial charge in [-0.05, 0) is 29.8 Å². The molecule has 1 fully saturated rings. The Morgan fingerprint density at radius 2 is 1.77 bits per heavy atom. The molecule has 0 saturated carbocycles. The first kappa shape index (κ1) is 18.9. The maximum atomic E-state index is 12.1. The number of hydrogen-bond acceptors (Lipinski definition) is 3. The van der Waals surface area contributed by atoms with Crippen molar-refractivity contribution < 1.29 is 19.2 Å². The molecular formula is C20H24BrN2O3+. The topological polar surface area (TPSA) is 52.0 Å². The number of carbonyl (C=O) groups excluding carboxylic acids is 1. The van der Waals surface area contributed by atoms with Crippen LogP contribution in [0, 0.1) is 0 Å². The van der Waals surface area contributed by atoms with Crippen LogP contribution in [0.15, 0.2) is 53.0 Å². The summed E-state index contributed by atoms with van der Waals surface area (Å²) in [6.07, 6.45) is 0. The highest BCUT2D eigenvalue weighted by atomic mass is 79.9. The van der Waals surface area contributed by atoms with Gasteiger partial charge in [-0.3, -0.25) is 4.79 Å². The Morgan fingerprint density at radius 3 is 2.50 bits per heavy atom. The first-order chi connectivity index (χ1) is 12.7. The minimum atomic E-state index is -0.124. The van der Waals surface area contributed by atoms with Gasteiger partial charge in [0.15, 0.2) is 6.61 Å². The van der Waals surface area contributed by atoms with E-state index in [1.807, 2.05) is 30.3 Å². The monoisotopic (exact) mass is 419 g/mol. The number of hydrogen-bond donors (Lipinski definition) is 2. The van der Waals surface area contributed by atoms with Crippen LogP contribution in [0.2, 0.25) is 0 Å². The fourth-order valence-corrected chi connectivity index (χ4v) is 3.20. The molecule has 0 radical (unpaired) electrons. The minimum absolute atomic E-state index is 0.0124. The molecule has 3 rings (SSSR count). The van der Waals surface area contributed by atoms with Crippen LogP contribution in [-0.4, -0.2) is 38.8 Å². The lowest BCUT2D eigenvalue weighted by Gasteiger charge is -2.24. The van der Waals surface area contributed by atoms with Crippen molar-refractivity contribution in [3.8, 4) is 5.75 Å². The highest BCUT2D eigenvalue weighted by Gasteiger charge is 2.16. The number of amides is 1. The molecule has 1 amide bonds. The number of carbonyl (C=O) groups is 1. The molecule has 1 heterocycles. The van der Waals surface area contributed by atoms with Crippen LogP contribution in [0.3, 0.4) is 0 Å². The van der Waals surface area contributed by atoms with Gasteiger partial charge in [-0.2, -0.15) is 0 Å². The molecule has 0 bridgehead atoms. The van der Waals surface area contributed by atoms with Gasteiger partial charge in [-0.25, -0.2) is 0 Å². The number of halogens is 1. The van der Waals surface area contributed by atoms with E-state index < -0.39 is 0 Å². The van der Waals surface area contributed by atoms with Gasteiger partial charge < -0.3 is 19.7 Å². The summed E-state index contributed by atoms with van der Waals surface area (Å²) >= 11 is 3.37. The van der Waals surface area contributed by atoms with Crippen LogP contribution in [0.1, 0.15) is 11.1 Å². The van der Waals surface area contributed by atoms with Crippen molar-refractivity contribution >= 4 is 21.8 Å². The Morgan fingerprint density at radius 1 is 1.08 bits per heavy atom. The predicted molar refractivity (Wildman–Crippen MR) is 103 cm³/mol. The lowest BCUT2D eigenvalue weighted by molar-refractivity contribution is -0.921. The quantitative estimate of drug-likeness (QED) is 0.715. The Kier molecular flexibility index (Phi) is 7.05. The van der Waals surface area contributed by atoms with Crippen LogP contribution in [-0.2, 0) is 22.6 Å². The van der Waals surface area contributed by atoms with E-state index in [9.17, 15) is 4.79 Å². The second-order valence-corrected chi connectivity index (χ2v) is 7.24. The van der Waals surface area contributed by atoms with Crippen LogP contribution >= 0.6 is 15.9 Å². The summed E-state index contributed by atoms with van der Waals surface area (Å²) < 4.78 is 11.9. The smallest absolute Gasteiger partial charge is 0.258 e. The molecule has 6 heteroatoms. The Bertz CT molecular complexity index is 715. The van der Waals surface area contributed by atoms with Gasteiger partial charge >= 0.3 is 0 Å². The van der Waals surface area contributed by atoms with E-state index in [1.54, 1.807) is 0 Å². The number of quaternary nitrogens is 1. The molecule has 2 aromatic carbocycles. The maximum Gasteiger partial charge on any atom is 0.258 e. The zero-order valence-electron chi connectivity index (χ0n) is 14.7. The normalized spacial score (nSPS) is 14.8. The van der Waals surface area contributed by atoms with Crippen molar-refractivity contribution in [2.24, 2.45) is 0 Å². The summed E-state index contributed by atoms with van der Waals surface area (Å²) in [6, 6.07) is 15.7. The molecule has 0 unspecified atom stereocenters. The van der Waals surface area contributed by atoms with Crippen molar-refractivity contribution in [3.05, 3.63) is 64.1 Å². The minimum Gasteiger partial charge on any atom is -0.484 e. The lowest BCUT2D eigenvalue weighted by Crippen LogP contribution is -3.12. The van der Waals surface area contributed by atoms with E-state index in [-0.39, 0.29) is 12.5 Å². The Hall–Kier alpha value is -1.89. The second kappa shape index (κ2) is 9.71. The molecule has 138 valence electrons. The number of rotatable bonds is 7. The van der Waals surface area contributed by atoms with Gasteiger partial charge in [0, 0.05) is 16.6 Å². The lowest BCUT2D eigenvalue weighted by atomic mass is 10.1. The largest absolute Gasteiger partial charge is 0.484 e. The van der Waals surface area contributed by atoms with E-state index in [1.165, 1.54) is 10.5 Å². The summed E-state index contributed by atoms with van der Waals surface area (Å²) in [7, 11) is 0. The van der Waals surface area contributed by atoms with Gasteiger partial charge in [-0.15, -0.1) is 0 Å². The van der Waals surface area contributed by atoms with E-state index in [0.717, 1.165) is 42.9 Å². The highest BCUT2D eigenvalue weighted by molar-refractivity contribution is 9.10. The van der Waals surface area contributed by atoms with Crippen LogP contribution < -0.4 is 15.0 Å². The van der Waals surface area contributed by atoms with E-state index >= 15 is 0 Å². The van der Waals surface area contributed by atoms with Crippen molar-refractivity contribution in [3.63, 3.8) is 0 Å². The van der Waals surface area contributed by atoms with Gasteiger partial charge in [0.2, 0.25) is 0 Å². The van der Waals surface area contributed by atoms with Gasteiger partial charge in [0.1, 0.15) is 25.4 Å². The predicted octanol–water partition coefficient (Wildman–Crippen LogP) is 1.56.